The number of hydrogen-bond acceptors (Lipinski definition) is 4. The molecule has 1 rings (SSSR count). The van der Waals surface area contributed by atoms with E-state index in [0.717, 1.165) is 0 Å². The first-order valence-electron chi connectivity index (χ1n) is 4.01. The number of halogens is 1. The Morgan fingerprint density at radius 1 is 1.50 bits per heavy atom. The summed E-state index contributed by atoms with van der Waals surface area (Å²) >= 11 is 5.59. The van der Waals surface area contributed by atoms with E-state index in [1.807, 2.05) is 0 Å². The fourth-order valence-electron chi connectivity index (χ4n) is 1.04. The molecule has 1 aromatic rings. The minimum Gasteiger partial charge on any atom is -0.316 e. The zero-order valence-corrected chi connectivity index (χ0v) is 9.80. The lowest BCUT2D eigenvalue weighted by molar-refractivity contribution is 0.585. The molecule has 0 aliphatic carbocycles. The van der Waals surface area contributed by atoms with Gasteiger partial charge in [-0.1, -0.05) is 0 Å². The summed E-state index contributed by atoms with van der Waals surface area (Å²) in [5.41, 5.74) is 0. The predicted molar refractivity (Wildman–Crippen MR) is 53.8 cm³/mol. The van der Waals surface area contributed by atoms with Crippen LogP contribution in [0, 0.1) is 0 Å². The quantitative estimate of drug-likeness (QED) is 0.725. The average molecular weight is 238 g/mol. The largest absolute Gasteiger partial charge is 0.316 e. The van der Waals surface area contributed by atoms with E-state index >= 15 is 0 Å². The topological polar surface area (TPSA) is 64.8 Å². The van der Waals surface area contributed by atoms with Crippen molar-refractivity contribution in [1.82, 2.24) is 14.8 Å². The summed E-state index contributed by atoms with van der Waals surface area (Å²) in [6.45, 7) is 1.58. The monoisotopic (exact) mass is 237 g/mol. The molecular weight excluding hydrogens is 226 g/mol. The summed E-state index contributed by atoms with van der Waals surface area (Å²) in [4.78, 5) is 0. The van der Waals surface area contributed by atoms with Crippen molar-refractivity contribution in [3.05, 3.63) is 11.6 Å². The average Bonchev–Trinajstić information content (AvgIpc) is 2.43. The molecule has 14 heavy (non-hydrogen) atoms. The van der Waals surface area contributed by atoms with Gasteiger partial charge in [-0.05, 0) is 6.92 Å². The Hall–Kier alpha value is -0.620. The predicted octanol–water partition coefficient (Wildman–Crippen LogP) is 0.659. The van der Waals surface area contributed by atoms with Crippen molar-refractivity contribution in [1.29, 1.82) is 0 Å². The SMILES string of the molecule is CC(c1nnc(CCl)n1C)S(C)(=O)=O. The number of rotatable bonds is 3. The van der Waals surface area contributed by atoms with Crippen LogP contribution in [0.25, 0.3) is 0 Å². The van der Waals surface area contributed by atoms with Crippen molar-refractivity contribution in [2.24, 2.45) is 7.05 Å². The molecule has 1 atom stereocenters. The van der Waals surface area contributed by atoms with Crippen LogP contribution in [0.4, 0.5) is 0 Å². The number of hydrogen-bond donors (Lipinski definition) is 0. The maximum Gasteiger partial charge on any atom is 0.157 e. The second-order valence-corrected chi connectivity index (χ2v) is 5.77. The van der Waals surface area contributed by atoms with Gasteiger partial charge in [-0.25, -0.2) is 8.42 Å². The summed E-state index contributed by atoms with van der Waals surface area (Å²) < 4.78 is 24.1. The zero-order chi connectivity index (χ0) is 10.9. The molecule has 0 saturated heterocycles. The van der Waals surface area contributed by atoms with Crippen LogP contribution in [-0.4, -0.2) is 29.4 Å². The van der Waals surface area contributed by atoms with Gasteiger partial charge in [-0.2, -0.15) is 0 Å². The Morgan fingerprint density at radius 3 is 2.43 bits per heavy atom. The van der Waals surface area contributed by atoms with Crippen LogP contribution in [0.1, 0.15) is 23.8 Å². The molecule has 1 unspecified atom stereocenters. The molecule has 5 nitrogen and oxygen atoms in total. The van der Waals surface area contributed by atoms with Crippen molar-refractivity contribution in [2.45, 2.75) is 18.1 Å². The molecule has 0 radical (unpaired) electrons. The minimum absolute atomic E-state index is 0.222. The molecule has 0 bridgehead atoms. The highest BCUT2D eigenvalue weighted by Crippen LogP contribution is 2.19. The second kappa shape index (κ2) is 3.86. The molecule has 0 spiro atoms. The van der Waals surface area contributed by atoms with E-state index in [9.17, 15) is 8.42 Å². The smallest absolute Gasteiger partial charge is 0.157 e. The molecular formula is C7H12ClN3O2S. The molecule has 0 aliphatic rings. The van der Waals surface area contributed by atoms with Gasteiger partial charge in [0, 0.05) is 13.3 Å². The van der Waals surface area contributed by atoms with Crippen molar-refractivity contribution < 1.29 is 8.42 Å². The summed E-state index contributed by atoms with van der Waals surface area (Å²) in [6, 6.07) is 0. The molecule has 1 heterocycles. The van der Waals surface area contributed by atoms with E-state index in [2.05, 4.69) is 10.2 Å². The van der Waals surface area contributed by atoms with Crippen molar-refractivity contribution in [2.75, 3.05) is 6.26 Å². The number of sulfone groups is 1. The lowest BCUT2D eigenvalue weighted by atomic mass is 10.4. The molecule has 7 heteroatoms. The third kappa shape index (κ3) is 2.06. The number of alkyl halides is 1. The zero-order valence-electron chi connectivity index (χ0n) is 8.23. The maximum absolute atomic E-state index is 11.3. The highest BCUT2D eigenvalue weighted by atomic mass is 35.5. The van der Waals surface area contributed by atoms with Gasteiger partial charge in [0.05, 0.1) is 5.88 Å². The van der Waals surface area contributed by atoms with Gasteiger partial charge in [0.25, 0.3) is 0 Å². The van der Waals surface area contributed by atoms with Crippen LogP contribution in [0.15, 0.2) is 0 Å². The van der Waals surface area contributed by atoms with E-state index < -0.39 is 15.1 Å². The highest BCUT2D eigenvalue weighted by Gasteiger charge is 2.23. The Morgan fingerprint density at radius 2 is 2.07 bits per heavy atom. The van der Waals surface area contributed by atoms with Crippen LogP contribution in [0.5, 0.6) is 0 Å². The fraction of sp³-hybridized carbons (Fsp3) is 0.714. The van der Waals surface area contributed by atoms with Crippen LogP contribution in [-0.2, 0) is 22.8 Å². The minimum atomic E-state index is -3.14. The van der Waals surface area contributed by atoms with Gasteiger partial charge in [0.1, 0.15) is 11.1 Å². The first-order valence-corrected chi connectivity index (χ1v) is 6.49. The van der Waals surface area contributed by atoms with Crippen LogP contribution in [0.2, 0.25) is 0 Å². The Kier molecular flexibility index (Phi) is 3.16. The third-order valence-corrected chi connectivity index (χ3v) is 3.86. The summed E-state index contributed by atoms with van der Waals surface area (Å²) in [5, 5.41) is 6.93. The molecule has 0 aliphatic heterocycles. The first-order chi connectivity index (χ1) is 6.38. The Balaban J connectivity index is 3.15. The fourth-order valence-corrected chi connectivity index (χ4v) is 1.86. The van der Waals surface area contributed by atoms with E-state index in [1.54, 1.807) is 18.5 Å². The summed E-state index contributed by atoms with van der Waals surface area (Å²) in [5.74, 6) is 1.21. The van der Waals surface area contributed by atoms with Crippen LogP contribution in [0.3, 0.4) is 0 Å². The normalized spacial score (nSPS) is 14.3. The van der Waals surface area contributed by atoms with E-state index in [4.69, 9.17) is 11.6 Å². The molecule has 0 aromatic carbocycles. The van der Waals surface area contributed by atoms with Gasteiger partial charge >= 0.3 is 0 Å². The maximum atomic E-state index is 11.3. The van der Waals surface area contributed by atoms with Gasteiger partial charge < -0.3 is 4.57 Å². The second-order valence-electron chi connectivity index (χ2n) is 3.14. The highest BCUT2D eigenvalue weighted by molar-refractivity contribution is 7.90. The van der Waals surface area contributed by atoms with Gasteiger partial charge in [0.2, 0.25) is 0 Å². The molecule has 0 saturated carbocycles. The molecule has 1 aromatic heterocycles. The van der Waals surface area contributed by atoms with Gasteiger partial charge in [-0.15, -0.1) is 21.8 Å². The third-order valence-electron chi connectivity index (χ3n) is 2.12. The lowest BCUT2D eigenvalue weighted by Gasteiger charge is -2.08. The number of nitrogens with zero attached hydrogens (tertiary/aromatic N) is 3. The molecule has 0 amide bonds. The van der Waals surface area contributed by atoms with E-state index in [-0.39, 0.29) is 5.88 Å². The van der Waals surface area contributed by atoms with Gasteiger partial charge in [-0.3, -0.25) is 0 Å². The van der Waals surface area contributed by atoms with Crippen molar-refractivity contribution in [3.63, 3.8) is 0 Å². The van der Waals surface area contributed by atoms with Crippen molar-refractivity contribution >= 4 is 21.4 Å². The Labute approximate surface area is 88.0 Å². The number of aromatic nitrogens is 3. The molecule has 0 fully saturated rings. The molecule has 80 valence electrons. The summed E-state index contributed by atoms with van der Waals surface area (Å²) in [6.07, 6.45) is 1.17. The van der Waals surface area contributed by atoms with E-state index in [1.165, 1.54) is 6.26 Å². The van der Waals surface area contributed by atoms with E-state index in [0.29, 0.717) is 11.6 Å². The van der Waals surface area contributed by atoms with Crippen molar-refractivity contribution in [3.8, 4) is 0 Å². The first kappa shape index (κ1) is 11.5. The standard InChI is InChI=1S/C7H12ClN3O2S/c1-5(14(3,12)13)7-10-9-6(4-8)11(7)2/h5H,4H2,1-3H3. The summed E-state index contributed by atoms with van der Waals surface area (Å²) in [7, 11) is -1.44. The lowest BCUT2D eigenvalue weighted by Crippen LogP contribution is -2.13. The van der Waals surface area contributed by atoms with Crippen LogP contribution >= 0.6 is 11.6 Å². The van der Waals surface area contributed by atoms with Crippen LogP contribution < -0.4 is 0 Å². The Bertz CT molecular complexity index is 426. The van der Waals surface area contributed by atoms with Gasteiger partial charge in [0.15, 0.2) is 15.7 Å². The molecule has 0 N–H and O–H groups in total.